The second-order valence-electron chi connectivity index (χ2n) is 6.24. The number of hydrogen-bond acceptors (Lipinski definition) is 6. The van der Waals surface area contributed by atoms with Gasteiger partial charge in [0.2, 0.25) is 0 Å². The quantitative estimate of drug-likeness (QED) is 0.584. The van der Waals surface area contributed by atoms with Crippen molar-refractivity contribution in [2.75, 3.05) is 18.5 Å². The van der Waals surface area contributed by atoms with E-state index in [9.17, 15) is 18.8 Å². The molecule has 0 saturated carbocycles. The first-order valence-electron chi connectivity index (χ1n) is 9.55. The van der Waals surface area contributed by atoms with Crippen LogP contribution in [0, 0.1) is 5.82 Å². The Balaban J connectivity index is 2.04. The van der Waals surface area contributed by atoms with Gasteiger partial charge in [-0.05, 0) is 50.2 Å². The van der Waals surface area contributed by atoms with Crippen LogP contribution in [0.2, 0.25) is 0 Å². The molecule has 1 aromatic heterocycles. The Kier molecular flexibility index (Phi) is 6.76. The van der Waals surface area contributed by atoms with E-state index in [4.69, 9.17) is 9.47 Å². The summed E-state index contributed by atoms with van der Waals surface area (Å²) in [5.74, 6) is -1.55. The van der Waals surface area contributed by atoms with E-state index in [1.54, 1.807) is 38.1 Å². The second kappa shape index (κ2) is 9.66. The number of amides is 1. The lowest BCUT2D eigenvalue weighted by Gasteiger charge is -2.14. The lowest BCUT2D eigenvalue weighted by atomic mass is 10.1. The monoisotopic (exact) mass is 425 g/mol. The molecule has 0 atom stereocenters. The number of carbonyl (C=O) groups excluding carboxylic acids is 2. The van der Waals surface area contributed by atoms with Gasteiger partial charge in [-0.3, -0.25) is 9.59 Å². The first kappa shape index (κ1) is 21.7. The molecule has 0 saturated heterocycles. The van der Waals surface area contributed by atoms with E-state index in [1.807, 2.05) is 0 Å². The molecule has 31 heavy (non-hydrogen) atoms. The fourth-order valence-corrected chi connectivity index (χ4v) is 2.79. The highest BCUT2D eigenvalue weighted by Gasteiger charge is 2.21. The fraction of sp³-hybridized carbons (Fsp3) is 0.182. The third-order valence-corrected chi connectivity index (χ3v) is 4.15. The van der Waals surface area contributed by atoms with E-state index in [0.29, 0.717) is 12.4 Å². The number of para-hydroxylation sites is 1. The number of nitrogens with one attached hydrogen (secondary N) is 1. The van der Waals surface area contributed by atoms with Crippen LogP contribution in [0.3, 0.4) is 0 Å². The standard InChI is InChI=1S/C22H20FN3O5/c1-3-30-18-8-6-5-7-16(18)21(28)24-17-13-19(27)26(15-11-9-14(23)10-12-15)25-20(17)22(29)31-4-2/h5-13H,3-4H2,1-2H3,(H,24,28). The molecule has 8 nitrogen and oxygen atoms in total. The molecule has 1 amide bonds. The Hall–Kier alpha value is -4.01. The van der Waals surface area contributed by atoms with Crippen molar-refractivity contribution in [3.63, 3.8) is 0 Å². The summed E-state index contributed by atoms with van der Waals surface area (Å²) in [7, 11) is 0. The van der Waals surface area contributed by atoms with E-state index in [1.165, 1.54) is 12.1 Å². The number of halogens is 1. The summed E-state index contributed by atoms with van der Waals surface area (Å²) in [5, 5.41) is 6.60. The summed E-state index contributed by atoms with van der Waals surface area (Å²) in [6.07, 6.45) is 0. The van der Waals surface area contributed by atoms with E-state index in [0.717, 1.165) is 22.9 Å². The first-order chi connectivity index (χ1) is 14.9. The van der Waals surface area contributed by atoms with Crippen LogP contribution < -0.4 is 15.6 Å². The number of ether oxygens (including phenoxy) is 2. The predicted molar refractivity (Wildman–Crippen MR) is 111 cm³/mol. The van der Waals surface area contributed by atoms with Crippen LogP contribution in [0.5, 0.6) is 5.75 Å². The van der Waals surface area contributed by atoms with Crippen LogP contribution in [0.25, 0.3) is 5.69 Å². The molecule has 1 N–H and O–H groups in total. The Bertz CT molecular complexity index is 1160. The van der Waals surface area contributed by atoms with Crippen molar-refractivity contribution in [2.45, 2.75) is 13.8 Å². The van der Waals surface area contributed by atoms with Gasteiger partial charge in [-0.2, -0.15) is 9.78 Å². The number of aromatic nitrogens is 2. The topological polar surface area (TPSA) is 99.5 Å². The van der Waals surface area contributed by atoms with Crippen LogP contribution in [0.15, 0.2) is 59.4 Å². The lowest BCUT2D eigenvalue weighted by molar-refractivity contribution is 0.0518. The van der Waals surface area contributed by atoms with E-state index in [-0.39, 0.29) is 29.2 Å². The molecule has 0 aliphatic rings. The van der Waals surface area contributed by atoms with Crippen molar-refractivity contribution in [1.29, 1.82) is 0 Å². The number of benzene rings is 2. The molecule has 160 valence electrons. The van der Waals surface area contributed by atoms with Gasteiger partial charge in [0.1, 0.15) is 11.6 Å². The minimum absolute atomic E-state index is 0.0662. The summed E-state index contributed by atoms with van der Waals surface area (Å²) >= 11 is 0. The third kappa shape index (κ3) is 4.95. The number of anilines is 1. The van der Waals surface area contributed by atoms with Crippen molar-refractivity contribution in [2.24, 2.45) is 0 Å². The molecule has 0 aliphatic heterocycles. The number of nitrogens with zero attached hydrogens (tertiary/aromatic N) is 2. The molecule has 0 unspecified atom stereocenters. The molecule has 0 radical (unpaired) electrons. The molecular formula is C22H20FN3O5. The predicted octanol–water partition coefficient (Wildman–Crippen LogP) is 3.20. The van der Waals surface area contributed by atoms with Gasteiger partial charge >= 0.3 is 5.97 Å². The highest BCUT2D eigenvalue weighted by Crippen LogP contribution is 2.21. The van der Waals surface area contributed by atoms with Gasteiger partial charge in [0, 0.05) is 6.07 Å². The highest BCUT2D eigenvalue weighted by atomic mass is 19.1. The number of rotatable bonds is 7. The zero-order valence-corrected chi connectivity index (χ0v) is 16.9. The van der Waals surface area contributed by atoms with E-state index < -0.39 is 23.3 Å². The number of esters is 1. The largest absolute Gasteiger partial charge is 0.493 e. The summed E-state index contributed by atoms with van der Waals surface area (Å²) in [6.45, 7) is 3.82. The molecule has 3 rings (SSSR count). The van der Waals surface area contributed by atoms with Crippen molar-refractivity contribution < 1.29 is 23.5 Å². The van der Waals surface area contributed by atoms with Gasteiger partial charge < -0.3 is 14.8 Å². The average molecular weight is 425 g/mol. The average Bonchev–Trinajstić information content (AvgIpc) is 2.75. The fourth-order valence-electron chi connectivity index (χ4n) is 2.79. The van der Waals surface area contributed by atoms with Crippen molar-refractivity contribution >= 4 is 17.6 Å². The normalized spacial score (nSPS) is 10.4. The van der Waals surface area contributed by atoms with E-state index >= 15 is 0 Å². The number of hydrogen-bond donors (Lipinski definition) is 1. The van der Waals surface area contributed by atoms with Crippen LogP contribution >= 0.6 is 0 Å². The molecule has 0 bridgehead atoms. The maximum Gasteiger partial charge on any atom is 0.360 e. The van der Waals surface area contributed by atoms with Crippen molar-refractivity contribution in [3.05, 3.63) is 82.0 Å². The second-order valence-corrected chi connectivity index (χ2v) is 6.24. The van der Waals surface area contributed by atoms with Crippen LogP contribution in [-0.4, -0.2) is 34.9 Å². The Morgan fingerprint density at radius 3 is 2.45 bits per heavy atom. The van der Waals surface area contributed by atoms with Crippen molar-refractivity contribution in [1.82, 2.24) is 9.78 Å². The Labute approximate surface area is 177 Å². The molecule has 9 heteroatoms. The van der Waals surface area contributed by atoms with Gasteiger partial charge in [0.15, 0.2) is 5.69 Å². The summed E-state index contributed by atoms with van der Waals surface area (Å²) in [4.78, 5) is 37.9. The Morgan fingerprint density at radius 2 is 1.77 bits per heavy atom. The Morgan fingerprint density at radius 1 is 1.06 bits per heavy atom. The molecule has 1 heterocycles. The van der Waals surface area contributed by atoms with Gasteiger partial charge in [0.05, 0.1) is 30.2 Å². The van der Waals surface area contributed by atoms with Gasteiger partial charge in [-0.15, -0.1) is 0 Å². The highest BCUT2D eigenvalue weighted by molar-refractivity contribution is 6.08. The van der Waals surface area contributed by atoms with Crippen LogP contribution in [0.4, 0.5) is 10.1 Å². The van der Waals surface area contributed by atoms with Gasteiger partial charge in [-0.1, -0.05) is 12.1 Å². The van der Waals surface area contributed by atoms with Crippen LogP contribution in [0.1, 0.15) is 34.7 Å². The zero-order valence-electron chi connectivity index (χ0n) is 16.9. The maximum absolute atomic E-state index is 13.2. The number of carbonyl (C=O) groups is 2. The van der Waals surface area contributed by atoms with Gasteiger partial charge in [-0.25, -0.2) is 9.18 Å². The molecule has 0 spiro atoms. The molecule has 0 fully saturated rings. The van der Waals surface area contributed by atoms with Gasteiger partial charge in [0.25, 0.3) is 11.5 Å². The summed E-state index contributed by atoms with van der Waals surface area (Å²) in [6, 6.07) is 12.6. The molecular weight excluding hydrogens is 405 g/mol. The smallest absolute Gasteiger partial charge is 0.360 e. The van der Waals surface area contributed by atoms with Crippen LogP contribution in [-0.2, 0) is 4.74 Å². The molecule has 0 aliphatic carbocycles. The molecule has 3 aromatic rings. The minimum Gasteiger partial charge on any atom is -0.493 e. The van der Waals surface area contributed by atoms with E-state index in [2.05, 4.69) is 10.4 Å². The van der Waals surface area contributed by atoms with Crippen molar-refractivity contribution in [3.8, 4) is 11.4 Å². The summed E-state index contributed by atoms with van der Waals surface area (Å²) < 4.78 is 24.6. The molecule has 2 aromatic carbocycles. The zero-order chi connectivity index (χ0) is 22.4. The third-order valence-electron chi connectivity index (χ3n) is 4.15. The SMILES string of the molecule is CCOC(=O)c1nn(-c2ccc(F)cc2)c(=O)cc1NC(=O)c1ccccc1OCC. The minimum atomic E-state index is -0.827. The summed E-state index contributed by atoms with van der Waals surface area (Å²) in [5.41, 5.74) is -0.544. The first-order valence-corrected chi connectivity index (χ1v) is 9.55. The lowest BCUT2D eigenvalue weighted by Crippen LogP contribution is -2.27. The maximum atomic E-state index is 13.2.